The number of amides is 1. The smallest absolute Gasteiger partial charge is 0.240 e. The van der Waals surface area contributed by atoms with Crippen molar-refractivity contribution in [2.75, 3.05) is 31.1 Å². The predicted octanol–water partition coefficient (Wildman–Crippen LogP) is -0.524. The van der Waals surface area contributed by atoms with Crippen molar-refractivity contribution in [1.82, 2.24) is 14.9 Å². The average Bonchev–Trinajstić information content (AvgIpc) is 2.48. The lowest BCUT2D eigenvalue weighted by atomic mass is 10.2. The van der Waals surface area contributed by atoms with Crippen LogP contribution in [0.2, 0.25) is 0 Å². The van der Waals surface area contributed by atoms with Gasteiger partial charge in [0.15, 0.2) is 0 Å². The number of rotatable bonds is 3. The molecule has 0 aromatic carbocycles. The van der Waals surface area contributed by atoms with Crippen molar-refractivity contribution in [3.8, 4) is 12.3 Å². The molecule has 2 heterocycles. The molecule has 0 bridgehead atoms. The fourth-order valence-electron chi connectivity index (χ4n) is 2.06. The van der Waals surface area contributed by atoms with Crippen LogP contribution in [0.3, 0.4) is 0 Å². The van der Waals surface area contributed by atoms with Gasteiger partial charge in [-0.05, 0) is 0 Å². The number of carbonyl (C=O) groups is 1. The molecule has 6 nitrogen and oxygen atoms in total. The Balaban J connectivity index is 1.89. The van der Waals surface area contributed by atoms with Crippen LogP contribution < -0.4 is 10.6 Å². The standard InChI is InChI=1S/C13H17N5O/c1-2-3-11(14)13(19)18-8-6-17(7-9-18)12-10-15-4-5-16-12/h1,4-5,10-11H,3,6-9,14H2. The first-order chi connectivity index (χ1) is 9.22. The van der Waals surface area contributed by atoms with E-state index in [9.17, 15) is 4.79 Å². The fourth-order valence-corrected chi connectivity index (χ4v) is 2.06. The van der Waals surface area contributed by atoms with Crippen LogP contribution in [0.5, 0.6) is 0 Å². The van der Waals surface area contributed by atoms with Crippen LogP contribution in [0.25, 0.3) is 0 Å². The summed E-state index contributed by atoms with van der Waals surface area (Å²) in [6, 6.07) is -0.590. The number of piperazine rings is 1. The lowest BCUT2D eigenvalue weighted by Gasteiger charge is -2.36. The first-order valence-electron chi connectivity index (χ1n) is 6.21. The molecule has 1 atom stereocenters. The van der Waals surface area contributed by atoms with Crippen LogP contribution in [-0.2, 0) is 4.79 Å². The summed E-state index contributed by atoms with van der Waals surface area (Å²) in [5, 5.41) is 0. The Morgan fingerprint density at radius 3 is 2.74 bits per heavy atom. The third kappa shape index (κ3) is 3.20. The third-order valence-electron chi connectivity index (χ3n) is 3.12. The molecular weight excluding hydrogens is 242 g/mol. The van der Waals surface area contributed by atoms with Gasteiger partial charge in [0.1, 0.15) is 5.82 Å². The van der Waals surface area contributed by atoms with E-state index in [1.807, 2.05) is 0 Å². The van der Waals surface area contributed by atoms with E-state index in [0.717, 1.165) is 18.9 Å². The van der Waals surface area contributed by atoms with E-state index >= 15 is 0 Å². The van der Waals surface area contributed by atoms with Gasteiger partial charge in [-0.1, -0.05) is 0 Å². The number of hydrogen-bond acceptors (Lipinski definition) is 5. The van der Waals surface area contributed by atoms with Gasteiger partial charge in [-0.2, -0.15) is 0 Å². The predicted molar refractivity (Wildman–Crippen MR) is 72.3 cm³/mol. The normalized spacial score (nSPS) is 16.8. The molecular formula is C13H17N5O. The summed E-state index contributed by atoms with van der Waals surface area (Å²) >= 11 is 0. The van der Waals surface area contributed by atoms with E-state index in [1.165, 1.54) is 0 Å². The first-order valence-corrected chi connectivity index (χ1v) is 6.21. The van der Waals surface area contributed by atoms with Crippen LogP contribution in [0.15, 0.2) is 18.6 Å². The van der Waals surface area contributed by atoms with Crippen LogP contribution in [0, 0.1) is 12.3 Å². The van der Waals surface area contributed by atoms with Crippen molar-refractivity contribution in [2.24, 2.45) is 5.73 Å². The minimum Gasteiger partial charge on any atom is -0.352 e. The fraction of sp³-hybridized carbons (Fsp3) is 0.462. The van der Waals surface area contributed by atoms with Crippen molar-refractivity contribution in [3.05, 3.63) is 18.6 Å². The Kier molecular flexibility index (Phi) is 4.31. The molecule has 1 saturated heterocycles. The highest BCUT2D eigenvalue weighted by Gasteiger charge is 2.25. The van der Waals surface area contributed by atoms with E-state index in [2.05, 4.69) is 20.8 Å². The number of nitrogens with zero attached hydrogens (tertiary/aromatic N) is 4. The molecule has 0 radical (unpaired) electrons. The van der Waals surface area contributed by atoms with Crippen molar-refractivity contribution in [3.63, 3.8) is 0 Å². The van der Waals surface area contributed by atoms with Gasteiger partial charge in [-0.25, -0.2) is 4.98 Å². The Hall–Kier alpha value is -2.13. The zero-order valence-electron chi connectivity index (χ0n) is 10.7. The molecule has 1 fully saturated rings. The van der Waals surface area contributed by atoms with Crippen LogP contribution >= 0.6 is 0 Å². The van der Waals surface area contributed by atoms with Crippen LogP contribution in [-0.4, -0.2) is 53.0 Å². The summed E-state index contributed by atoms with van der Waals surface area (Å²) < 4.78 is 0. The second kappa shape index (κ2) is 6.16. The van der Waals surface area contributed by atoms with Gasteiger partial charge in [-0.3, -0.25) is 9.78 Å². The zero-order valence-corrected chi connectivity index (χ0v) is 10.7. The number of nitrogens with two attached hydrogens (primary N) is 1. The van der Waals surface area contributed by atoms with Crippen molar-refractivity contribution >= 4 is 11.7 Å². The van der Waals surface area contributed by atoms with E-state index in [0.29, 0.717) is 13.1 Å². The van der Waals surface area contributed by atoms with Gasteiger partial charge in [0.2, 0.25) is 5.91 Å². The number of hydrogen-bond donors (Lipinski definition) is 1. The number of anilines is 1. The summed E-state index contributed by atoms with van der Waals surface area (Å²) in [4.78, 5) is 24.1. The maximum atomic E-state index is 12.0. The molecule has 1 aliphatic heterocycles. The van der Waals surface area contributed by atoms with Gasteiger partial charge in [-0.15, -0.1) is 12.3 Å². The van der Waals surface area contributed by atoms with Gasteiger partial charge < -0.3 is 15.5 Å². The van der Waals surface area contributed by atoms with E-state index in [1.54, 1.807) is 23.5 Å². The van der Waals surface area contributed by atoms with E-state index in [-0.39, 0.29) is 12.3 Å². The highest BCUT2D eigenvalue weighted by molar-refractivity contribution is 5.82. The number of terminal acetylenes is 1. The third-order valence-corrected chi connectivity index (χ3v) is 3.12. The second-order valence-electron chi connectivity index (χ2n) is 4.39. The average molecular weight is 259 g/mol. The molecule has 0 spiro atoms. The molecule has 2 N–H and O–H groups in total. The largest absolute Gasteiger partial charge is 0.352 e. The van der Waals surface area contributed by atoms with Crippen molar-refractivity contribution < 1.29 is 4.79 Å². The Morgan fingerprint density at radius 2 is 2.16 bits per heavy atom. The molecule has 1 unspecified atom stereocenters. The maximum absolute atomic E-state index is 12.0. The molecule has 0 aliphatic carbocycles. The molecule has 1 aromatic heterocycles. The summed E-state index contributed by atoms with van der Waals surface area (Å²) in [7, 11) is 0. The Morgan fingerprint density at radius 1 is 1.42 bits per heavy atom. The second-order valence-corrected chi connectivity index (χ2v) is 4.39. The van der Waals surface area contributed by atoms with Crippen LogP contribution in [0.4, 0.5) is 5.82 Å². The highest BCUT2D eigenvalue weighted by atomic mass is 16.2. The monoisotopic (exact) mass is 259 g/mol. The summed E-state index contributed by atoms with van der Waals surface area (Å²) in [6.07, 6.45) is 10.5. The lowest BCUT2D eigenvalue weighted by molar-refractivity contribution is -0.132. The van der Waals surface area contributed by atoms with Gasteiger partial charge in [0.25, 0.3) is 0 Å². The molecule has 2 rings (SSSR count). The minimum absolute atomic E-state index is 0.0725. The summed E-state index contributed by atoms with van der Waals surface area (Å²) in [6.45, 7) is 2.72. The maximum Gasteiger partial charge on any atom is 0.240 e. The van der Waals surface area contributed by atoms with Gasteiger partial charge >= 0.3 is 0 Å². The summed E-state index contributed by atoms with van der Waals surface area (Å²) in [5.74, 6) is 3.18. The zero-order chi connectivity index (χ0) is 13.7. The quantitative estimate of drug-likeness (QED) is 0.739. The summed E-state index contributed by atoms with van der Waals surface area (Å²) in [5.41, 5.74) is 5.73. The number of aromatic nitrogens is 2. The molecule has 0 saturated carbocycles. The van der Waals surface area contributed by atoms with Crippen molar-refractivity contribution in [1.29, 1.82) is 0 Å². The molecule has 19 heavy (non-hydrogen) atoms. The van der Waals surface area contributed by atoms with E-state index in [4.69, 9.17) is 12.2 Å². The van der Waals surface area contributed by atoms with Crippen molar-refractivity contribution in [2.45, 2.75) is 12.5 Å². The molecule has 1 aliphatic rings. The highest BCUT2D eigenvalue weighted by Crippen LogP contribution is 2.12. The van der Waals surface area contributed by atoms with Gasteiger partial charge in [0, 0.05) is 45.0 Å². The SMILES string of the molecule is C#CCC(N)C(=O)N1CCN(c2cnccn2)CC1. The molecule has 6 heteroatoms. The van der Waals surface area contributed by atoms with E-state index < -0.39 is 6.04 Å². The molecule has 100 valence electrons. The first kappa shape index (κ1) is 13.3. The minimum atomic E-state index is -0.590. The molecule has 1 aromatic rings. The van der Waals surface area contributed by atoms with Gasteiger partial charge in [0.05, 0.1) is 12.2 Å². The van der Waals surface area contributed by atoms with Crippen LogP contribution in [0.1, 0.15) is 6.42 Å². The lowest BCUT2D eigenvalue weighted by Crippen LogP contribution is -2.53. The topological polar surface area (TPSA) is 75.4 Å². The Bertz CT molecular complexity index is 462. The molecule has 1 amide bonds. The number of carbonyl (C=O) groups excluding carboxylic acids is 1. The Labute approximate surface area is 112 Å².